The summed E-state index contributed by atoms with van der Waals surface area (Å²) in [4.78, 5) is 10.0. The summed E-state index contributed by atoms with van der Waals surface area (Å²) < 4.78 is 40.4. The molecular formula is C13H13ClFNO4S. The fraction of sp³-hybridized carbons (Fsp3) is 0.308. The average molecular weight is 334 g/mol. The van der Waals surface area contributed by atoms with Gasteiger partial charge in [0, 0.05) is 5.02 Å². The molecule has 114 valence electrons. The third-order valence-electron chi connectivity index (χ3n) is 2.60. The monoisotopic (exact) mass is 333 g/mol. The molecule has 0 aliphatic carbocycles. The number of aromatic carboxylic acids is 1. The van der Waals surface area contributed by atoms with E-state index in [1.807, 2.05) is 0 Å². The van der Waals surface area contributed by atoms with Gasteiger partial charge in [0.1, 0.15) is 4.90 Å². The second-order valence-electron chi connectivity index (χ2n) is 4.20. The SMILES string of the molecule is C#CC(CCC)NS(=O)(=O)c1cc(Cl)cc(C(=O)O)c1F. The Morgan fingerprint density at radius 3 is 2.67 bits per heavy atom. The highest BCUT2D eigenvalue weighted by atomic mass is 35.5. The van der Waals surface area contributed by atoms with Crippen molar-refractivity contribution in [1.29, 1.82) is 0 Å². The molecule has 0 heterocycles. The van der Waals surface area contributed by atoms with E-state index in [0.29, 0.717) is 12.8 Å². The summed E-state index contributed by atoms with van der Waals surface area (Å²) in [6.45, 7) is 1.81. The summed E-state index contributed by atoms with van der Waals surface area (Å²) in [5.74, 6) is -0.762. The summed E-state index contributed by atoms with van der Waals surface area (Å²) in [7, 11) is -4.32. The number of rotatable bonds is 6. The van der Waals surface area contributed by atoms with Crippen molar-refractivity contribution in [2.75, 3.05) is 0 Å². The van der Waals surface area contributed by atoms with Crippen LogP contribution in [-0.2, 0) is 10.0 Å². The molecule has 0 saturated heterocycles. The number of hydrogen-bond donors (Lipinski definition) is 2. The Labute approximate surface area is 127 Å². The maximum absolute atomic E-state index is 14.0. The molecule has 5 nitrogen and oxygen atoms in total. The number of terminal acetylenes is 1. The Balaban J connectivity index is 3.32. The maximum Gasteiger partial charge on any atom is 0.338 e. The van der Waals surface area contributed by atoms with Crippen molar-refractivity contribution >= 4 is 27.6 Å². The average Bonchev–Trinajstić information content (AvgIpc) is 2.39. The first kappa shape index (κ1) is 17.4. The first-order valence-electron chi connectivity index (χ1n) is 5.93. The van der Waals surface area contributed by atoms with Gasteiger partial charge in [-0.05, 0) is 18.6 Å². The highest BCUT2D eigenvalue weighted by molar-refractivity contribution is 7.89. The van der Waals surface area contributed by atoms with E-state index in [4.69, 9.17) is 23.1 Å². The van der Waals surface area contributed by atoms with Crippen molar-refractivity contribution in [3.63, 3.8) is 0 Å². The molecule has 0 spiro atoms. The number of hydrogen-bond acceptors (Lipinski definition) is 3. The summed E-state index contributed by atoms with van der Waals surface area (Å²) in [6, 6.07) is 0.861. The third-order valence-corrected chi connectivity index (χ3v) is 4.29. The fourth-order valence-electron chi connectivity index (χ4n) is 1.63. The first-order valence-corrected chi connectivity index (χ1v) is 7.79. The standard InChI is InChI=1S/C13H13ClFNO4S/c1-3-5-9(4-2)16-21(19,20)11-7-8(14)6-10(12(11)15)13(17)18/h2,6-7,9,16H,3,5H2,1H3,(H,17,18). The Bertz CT molecular complexity index is 697. The number of sulfonamides is 1. The number of benzene rings is 1. The van der Waals surface area contributed by atoms with Crippen LogP contribution in [0.15, 0.2) is 17.0 Å². The molecule has 0 aliphatic rings. The molecule has 1 atom stereocenters. The summed E-state index contributed by atoms with van der Waals surface area (Å²) >= 11 is 5.64. The van der Waals surface area contributed by atoms with Crippen LogP contribution in [0.1, 0.15) is 30.1 Å². The molecule has 0 bridgehead atoms. The largest absolute Gasteiger partial charge is 0.478 e. The zero-order valence-corrected chi connectivity index (χ0v) is 12.6. The van der Waals surface area contributed by atoms with Gasteiger partial charge in [0.25, 0.3) is 0 Å². The third kappa shape index (κ3) is 4.17. The molecule has 0 fully saturated rings. The Morgan fingerprint density at radius 2 is 2.19 bits per heavy atom. The predicted molar refractivity (Wildman–Crippen MR) is 76.2 cm³/mol. The van der Waals surface area contributed by atoms with E-state index in [2.05, 4.69) is 10.6 Å². The Morgan fingerprint density at radius 1 is 1.57 bits per heavy atom. The second-order valence-corrected chi connectivity index (χ2v) is 6.32. The quantitative estimate of drug-likeness (QED) is 0.782. The van der Waals surface area contributed by atoms with E-state index < -0.39 is 38.3 Å². The zero-order chi connectivity index (χ0) is 16.2. The van der Waals surface area contributed by atoms with E-state index in [1.165, 1.54) is 0 Å². The van der Waals surface area contributed by atoms with E-state index in [-0.39, 0.29) is 5.02 Å². The van der Waals surface area contributed by atoms with Gasteiger partial charge in [-0.1, -0.05) is 30.9 Å². The minimum atomic E-state index is -4.32. The number of halogens is 2. The number of carboxylic acid groups (broad SMARTS) is 1. The van der Waals surface area contributed by atoms with Crippen LogP contribution >= 0.6 is 11.6 Å². The van der Waals surface area contributed by atoms with E-state index >= 15 is 0 Å². The summed E-state index contributed by atoms with van der Waals surface area (Å²) in [5.41, 5.74) is -0.823. The molecule has 8 heteroatoms. The van der Waals surface area contributed by atoms with Crippen molar-refractivity contribution < 1.29 is 22.7 Å². The van der Waals surface area contributed by atoms with Crippen LogP contribution in [0.5, 0.6) is 0 Å². The topological polar surface area (TPSA) is 83.5 Å². The smallest absolute Gasteiger partial charge is 0.338 e. The van der Waals surface area contributed by atoms with E-state index in [1.54, 1.807) is 6.92 Å². The minimum absolute atomic E-state index is 0.207. The van der Waals surface area contributed by atoms with Crippen LogP contribution in [0.2, 0.25) is 5.02 Å². The van der Waals surface area contributed by atoms with Gasteiger partial charge in [0.05, 0.1) is 11.6 Å². The highest BCUT2D eigenvalue weighted by Crippen LogP contribution is 2.24. The fourth-order valence-corrected chi connectivity index (χ4v) is 3.23. The highest BCUT2D eigenvalue weighted by Gasteiger charge is 2.26. The van der Waals surface area contributed by atoms with Crippen LogP contribution in [-0.4, -0.2) is 25.5 Å². The minimum Gasteiger partial charge on any atom is -0.478 e. The number of nitrogens with one attached hydrogen (secondary N) is 1. The molecule has 0 aliphatic heterocycles. The van der Waals surface area contributed by atoms with Gasteiger partial charge in [0.15, 0.2) is 5.82 Å². The van der Waals surface area contributed by atoms with Crippen LogP contribution < -0.4 is 4.72 Å². The first-order chi connectivity index (χ1) is 9.72. The Kier molecular flexibility index (Phi) is 5.72. The van der Waals surface area contributed by atoms with Crippen LogP contribution in [0, 0.1) is 18.2 Å². The predicted octanol–water partition coefficient (Wildman–Crippen LogP) is 2.26. The summed E-state index contributed by atoms with van der Waals surface area (Å²) in [6.07, 6.45) is 6.18. The molecule has 0 aromatic heterocycles. The van der Waals surface area contributed by atoms with Crippen molar-refractivity contribution in [1.82, 2.24) is 4.72 Å². The molecule has 1 aromatic carbocycles. The number of carbonyl (C=O) groups is 1. The van der Waals surface area contributed by atoms with Gasteiger partial charge in [-0.25, -0.2) is 17.6 Å². The van der Waals surface area contributed by atoms with Gasteiger partial charge in [0.2, 0.25) is 10.0 Å². The van der Waals surface area contributed by atoms with E-state index in [0.717, 1.165) is 12.1 Å². The molecule has 0 saturated carbocycles. The van der Waals surface area contributed by atoms with Crippen LogP contribution in [0.25, 0.3) is 0 Å². The van der Waals surface area contributed by atoms with Gasteiger partial charge >= 0.3 is 5.97 Å². The summed E-state index contributed by atoms with van der Waals surface area (Å²) in [5, 5.41) is 8.64. The lowest BCUT2D eigenvalue weighted by atomic mass is 10.2. The van der Waals surface area contributed by atoms with Gasteiger partial charge in [-0.15, -0.1) is 6.42 Å². The van der Waals surface area contributed by atoms with Crippen LogP contribution in [0.4, 0.5) is 4.39 Å². The lowest BCUT2D eigenvalue weighted by Gasteiger charge is -2.14. The molecule has 0 radical (unpaired) electrons. The molecule has 1 rings (SSSR count). The van der Waals surface area contributed by atoms with Crippen molar-refractivity contribution in [3.05, 3.63) is 28.5 Å². The van der Waals surface area contributed by atoms with Crippen molar-refractivity contribution in [2.24, 2.45) is 0 Å². The lowest BCUT2D eigenvalue weighted by Crippen LogP contribution is -2.34. The van der Waals surface area contributed by atoms with Crippen LogP contribution in [0.3, 0.4) is 0 Å². The molecular weight excluding hydrogens is 321 g/mol. The maximum atomic E-state index is 14.0. The van der Waals surface area contributed by atoms with Gasteiger partial charge in [-0.3, -0.25) is 0 Å². The van der Waals surface area contributed by atoms with Gasteiger partial charge in [-0.2, -0.15) is 4.72 Å². The van der Waals surface area contributed by atoms with E-state index in [9.17, 15) is 17.6 Å². The molecule has 2 N–H and O–H groups in total. The van der Waals surface area contributed by atoms with Gasteiger partial charge < -0.3 is 5.11 Å². The van der Waals surface area contributed by atoms with Crippen molar-refractivity contribution in [2.45, 2.75) is 30.7 Å². The normalized spacial score (nSPS) is 12.7. The Hall–Kier alpha value is -1.62. The molecule has 0 amide bonds. The molecule has 21 heavy (non-hydrogen) atoms. The second kappa shape index (κ2) is 6.89. The zero-order valence-electron chi connectivity index (χ0n) is 11.1. The lowest BCUT2D eigenvalue weighted by molar-refractivity contribution is 0.0691. The number of carboxylic acids is 1. The molecule has 1 unspecified atom stereocenters. The van der Waals surface area contributed by atoms with Crippen molar-refractivity contribution in [3.8, 4) is 12.3 Å². The molecule has 1 aromatic rings.